The minimum atomic E-state index is -0.417. The van der Waals surface area contributed by atoms with Crippen molar-refractivity contribution in [2.45, 2.75) is 50.6 Å². The SMILES string of the molecule is O=C1NCN(c2ccccc2)C12CCN(Cc1cccc(C#CCCN3CCCCC3)c1)CC2. The predicted molar refractivity (Wildman–Crippen MR) is 137 cm³/mol. The van der Waals surface area contributed by atoms with Crippen LogP contribution in [-0.4, -0.2) is 60.6 Å². The van der Waals surface area contributed by atoms with E-state index in [9.17, 15) is 4.79 Å². The Balaban J connectivity index is 1.16. The van der Waals surface area contributed by atoms with Crippen molar-refractivity contribution in [2.75, 3.05) is 44.3 Å². The molecule has 3 aliphatic heterocycles. The van der Waals surface area contributed by atoms with E-state index in [1.165, 1.54) is 37.9 Å². The zero-order valence-electron chi connectivity index (χ0n) is 20.1. The molecule has 0 aliphatic carbocycles. The van der Waals surface area contributed by atoms with Gasteiger partial charge in [-0.05, 0) is 68.6 Å². The standard InChI is InChI=1S/C29H36N4O/c34-28-29(33(24-30-28)27-13-3-1-4-14-27)15-20-32(21-16-29)23-26-12-9-11-25(22-26)10-5-8-19-31-17-6-2-7-18-31/h1,3-4,9,11-14,22H,2,6-8,15-21,23-24H2,(H,30,34). The first kappa shape index (κ1) is 23.0. The van der Waals surface area contributed by atoms with Crippen LogP contribution in [0.5, 0.6) is 0 Å². The summed E-state index contributed by atoms with van der Waals surface area (Å²) in [6.07, 6.45) is 6.70. The van der Waals surface area contributed by atoms with Gasteiger partial charge in [0.25, 0.3) is 0 Å². The molecule has 178 valence electrons. The van der Waals surface area contributed by atoms with Crippen molar-refractivity contribution in [1.82, 2.24) is 15.1 Å². The lowest BCUT2D eigenvalue weighted by molar-refractivity contribution is -0.125. The Hall–Kier alpha value is -2.81. The number of rotatable bonds is 5. The third kappa shape index (κ3) is 5.14. The molecule has 0 unspecified atom stereocenters. The molecule has 5 nitrogen and oxygen atoms in total. The van der Waals surface area contributed by atoms with Crippen LogP contribution in [0.3, 0.4) is 0 Å². The number of nitrogens with one attached hydrogen (secondary N) is 1. The van der Waals surface area contributed by atoms with E-state index in [1.807, 2.05) is 18.2 Å². The van der Waals surface area contributed by atoms with Crippen molar-refractivity contribution in [1.29, 1.82) is 0 Å². The summed E-state index contributed by atoms with van der Waals surface area (Å²) in [6, 6.07) is 19.0. The first-order valence-corrected chi connectivity index (χ1v) is 12.9. The van der Waals surface area contributed by atoms with Crippen LogP contribution in [0, 0.1) is 11.8 Å². The van der Waals surface area contributed by atoms with Crippen molar-refractivity contribution in [3.05, 3.63) is 65.7 Å². The topological polar surface area (TPSA) is 38.8 Å². The average molecular weight is 457 g/mol. The number of carbonyl (C=O) groups is 1. The Labute approximate surface area is 204 Å². The Morgan fingerprint density at radius 3 is 2.47 bits per heavy atom. The van der Waals surface area contributed by atoms with Gasteiger partial charge in [-0.1, -0.05) is 48.6 Å². The van der Waals surface area contributed by atoms with Gasteiger partial charge >= 0.3 is 0 Å². The molecule has 0 saturated carbocycles. The van der Waals surface area contributed by atoms with Gasteiger partial charge in [0, 0.05) is 43.9 Å². The van der Waals surface area contributed by atoms with Gasteiger partial charge in [-0.2, -0.15) is 0 Å². The molecular formula is C29H36N4O. The maximum absolute atomic E-state index is 12.9. The monoisotopic (exact) mass is 456 g/mol. The molecule has 3 saturated heterocycles. The van der Waals surface area contributed by atoms with Gasteiger partial charge in [0.2, 0.25) is 5.91 Å². The Kier molecular flexibility index (Phi) is 7.18. The smallest absolute Gasteiger partial charge is 0.247 e. The third-order valence-corrected chi connectivity index (χ3v) is 7.66. The van der Waals surface area contributed by atoms with Crippen molar-refractivity contribution >= 4 is 11.6 Å². The summed E-state index contributed by atoms with van der Waals surface area (Å²) >= 11 is 0. The van der Waals surface area contributed by atoms with Crippen molar-refractivity contribution in [3.8, 4) is 11.8 Å². The van der Waals surface area contributed by atoms with Crippen LogP contribution < -0.4 is 10.2 Å². The van der Waals surface area contributed by atoms with Crippen LogP contribution in [-0.2, 0) is 11.3 Å². The molecular weight excluding hydrogens is 420 g/mol. The number of benzene rings is 2. The van der Waals surface area contributed by atoms with Crippen LogP contribution in [0.2, 0.25) is 0 Å². The zero-order valence-corrected chi connectivity index (χ0v) is 20.1. The molecule has 0 radical (unpaired) electrons. The number of likely N-dealkylation sites (tertiary alicyclic amines) is 2. The Bertz CT molecular complexity index is 1030. The number of hydrogen-bond donors (Lipinski definition) is 1. The third-order valence-electron chi connectivity index (χ3n) is 7.66. The summed E-state index contributed by atoms with van der Waals surface area (Å²) < 4.78 is 0. The van der Waals surface area contributed by atoms with Crippen molar-refractivity contribution in [3.63, 3.8) is 0 Å². The fourth-order valence-electron chi connectivity index (χ4n) is 5.68. The highest BCUT2D eigenvalue weighted by Gasteiger charge is 2.50. The second-order valence-corrected chi connectivity index (χ2v) is 9.89. The second kappa shape index (κ2) is 10.6. The fraction of sp³-hybridized carbons (Fsp3) is 0.483. The number of piperidine rings is 2. The van der Waals surface area contributed by atoms with E-state index in [4.69, 9.17) is 0 Å². The first-order chi connectivity index (χ1) is 16.7. The number of carbonyl (C=O) groups excluding carboxylic acids is 1. The molecule has 3 fully saturated rings. The zero-order chi connectivity index (χ0) is 23.2. The van der Waals surface area contributed by atoms with Crippen LogP contribution in [0.4, 0.5) is 5.69 Å². The first-order valence-electron chi connectivity index (χ1n) is 12.9. The minimum absolute atomic E-state index is 0.179. The summed E-state index contributed by atoms with van der Waals surface area (Å²) in [5.74, 6) is 6.94. The Morgan fingerprint density at radius 1 is 0.882 bits per heavy atom. The Morgan fingerprint density at radius 2 is 1.68 bits per heavy atom. The maximum atomic E-state index is 12.9. The van der Waals surface area contributed by atoms with Crippen LogP contribution in [0.1, 0.15) is 49.7 Å². The van der Waals surface area contributed by atoms with Gasteiger partial charge in [-0.25, -0.2) is 0 Å². The molecule has 0 atom stereocenters. The van der Waals surface area contributed by atoms with Gasteiger partial charge in [-0.3, -0.25) is 9.69 Å². The minimum Gasteiger partial charge on any atom is -0.339 e. The van der Waals surface area contributed by atoms with Gasteiger partial charge < -0.3 is 15.1 Å². The van der Waals surface area contributed by atoms with Crippen LogP contribution >= 0.6 is 0 Å². The number of amides is 1. The largest absolute Gasteiger partial charge is 0.339 e. The maximum Gasteiger partial charge on any atom is 0.247 e. The summed E-state index contributed by atoms with van der Waals surface area (Å²) in [6.45, 7) is 6.91. The molecule has 1 spiro atoms. The molecule has 2 aromatic carbocycles. The molecule has 5 heteroatoms. The van der Waals surface area contributed by atoms with Gasteiger partial charge in [-0.15, -0.1) is 0 Å². The molecule has 0 aromatic heterocycles. The van der Waals surface area contributed by atoms with E-state index < -0.39 is 5.54 Å². The molecule has 2 aromatic rings. The second-order valence-electron chi connectivity index (χ2n) is 9.89. The molecule has 0 bridgehead atoms. The predicted octanol–water partition coefficient (Wildman–Crippen LogP) is 3.84. The summed E-state index contributed by atoms with van der Waals surface area (Å²) in [5, 5.41) is 3.10. The summed E-state index contributed by atoms with van der Waals surface area (Å²) in [7, 11) is 0. The van der Waals surface area contributed by atoms with Crippen LogP contribution in [0.25, 0.3) is 0 Å². The molecule has 3 heterocycles. The van der Waals surface area contributed by atoms with Gasteiger partial charge in [0.05, 0.1) is 6.67 Å². The van der Waals surface area contributed by atoms with Crippen molar-refractivity contribution in [2.24, 2.45) is 0 Å². The molecule has 1 amide bonds. The van der Waals surface area contributed by atoms with E-state index in [1.54, 1.807) is 0 Å². The molecule has 5 rings (SSSR count). The van der Waals surface area contributed by atoms with E-state index >= 15 is 0 Å². The van der Waals surface area contributed by atoms with E-state index in [-0.39, 0.29) is 5.91 Å². The summed E-state index contributed by atoms with van der Waals surface area (Å²) in [4.78, 5) is 20.2. The normalized spacial score (nSPS) is 20.7. The van der Waals surface area contributed by atoms with E-state index in [0.717, 1.165) is 56.7 Å². The quantitative estimate of drug-likeness (QED) is 0.694. The molecule has 3 aliphatic rings. The van der Waals surface area contributed by atoms with Crippen LogP contribution in [0.15, 0.2) is 54.6 Å². The highest BCUT2D eigenvalue weighted by atomic mass is 16.2. The molecule has 34 heavy (non-hydrogen) atoms. The molecule has 1 N–H and O–H groups in total. The lowest BCUT2D eigenvalue weighted by Crippen LogP contribution is -2.56. The number of nitrogens with zero attached hydrogens (tertiary/aromatic N) is 3. The van der Waals surface area contributed by atoms with E-state index in [0.29, 0.717) is 6.67 Å². The number of para-hydroxylation sites is 1. The van der Waals surface area contributed by atoms with E-state index in [2.05, 4.69) is 68.3 Å². The summed E-state index contributed by atoms with van der Waals surface area (Å²) in [5.41, 5.74) is 3.12. The number of hydrogen-bond acceptors (Lipinski definition) is 4. The highest BCUT2D eigenvalue weighted by Crippen LogP contribution is 2.36. The number of anilines is 1. The highest BCUT2D eigenvalue weighted by molar-refractivity contribution is 5.93. The lowest BCUT2D eigenvalue weighted by atomic mass is 9.85. The lowest BCUT2D eigenvalue weighted by Gasteiger charge is -2.43. The van der Waals surface area contributed by atoms with Gasteiger partial charge in [0.15, 0.2) is 0 Å². The van der Waals surface area contributed by atoms with Crippen molar-refractivity contribution < 1.29 is 4.79 Å². The fourth-order valence-corrected chi connectivity index (χ4v) is 5.68. The average Bonchev–Trinajstić information content (AvgIpc) is 3.20. The van der Waals surface area contributed by atoms with Gasteiger partial charge in [0.1, 0.15) is 5.54 Å².